The molecule has 40 heavy (non-hydrogen) atoms. The minimum absolute atomic E-state index is 0.110. The predicted molar refractivity (Wildman–Crippen MR) is 131 cm³/mol. The maximum atomic E-state index is 13.1. The average molecular weight is 574 g/mol. The van der Waals surface area contributed by atoms with Gasteiger partial charge in [0.05, 0.1) is 35.9 Å². The van der Waals surface area contributed by atoms with Crippen LogP contribution in [0, 0.1) is 0 Å². The van der Waals surface area contributed by atoms with Crippen molar-refractivity contribution in [1.29, 1.82) is 0 Å². The Labute approximate surface area is 226 Å². The first kappa shape index (κ1) is 29.8. The molecule has 0 aromatic heterocycles. The van der Waals surface area contributed by atoms with E-state index in [1.165, 1.54) is 18.2 Å². The van der Waals surface area contributed by atoms with E-state index in [4.69, 9.17) is 0 Å². The van der Waals surface area contributed by atoms with Gasteiger partial charge in [0.25, 0.3) is 5.91 Å². The van der Waals surface area contributed by atoms with Gasteiger partial charge in [-0.3, -0.25) is 14.5 Å². The number of carbonyl (C=O) groups is 2. The van der Waals surface area contributed by atoms with E-state index < -0.39 is 65.6 Å². The van der Waals surface area contributed by atoms with E-state index in [9.17, 15) is 46.1 Å². The Bertz CT molecular complexity index is 1210. The molecule has 1 aliphatic carbocycles. The quantitative estimate of drug-likeness (QED) is 0.397. The van der Waals surface area contributed by atoms with E-state index in [1.807, 2.05) is 4.90 Å². The summed E-state index contributed by atoms with van der Waals surface area (Å²) in [6, 6.07) is 7.80. The maximum Gasteiger partial charge on any atom is 0.416 e. The number of benzene rings is 2. The lowest BCUT2D eigenvalue weighted by Crippen LogP contribution is -2.50. The molecule has 2 aliphatic rings. The molecule has 2 aromatic carbocycles. The van der Waals surface area contributed by atoms with Crippen molar-refractivity contribution in [3.8, 4) is 0 Å². The number of nitrogens with zero attached hydrogens (tertiary/aromatic N) is 1. The summed E-state index contributed by atoms with van der Waals surface area (Å²) in [6.07, 6.45) is -9.03. The second kappa shape index (κ2) is 11.4. The Kier molecular flexibility index (Phi) is 8.48. The molecule has 1 heterocycles. The molecule has 2 fully saturated rings. The summed E-state index contributed by atoms with van der Waals surface area (Å²) in [5, 5.41) is 25.7. The fourth-order valence-electron chi connectivity index (χ4n) is 5.47. The van der Waals surface area contributed by atoms with Crippen LogP contribution in [-0.2, 0) is 22.7 Å². The van der Waals surface area contributed by atoms with Crippen LogP contribution in [0.5, 0.6) is 0 Å². The van der Waals surface area contributed by atoms with Gasteiger partial charge in [0.2, 0.25) is 5.91 Å². The lowest BCUT2D eigenvalue weighted by molar-refractivity contribution is -0.138. The van der Waals surface area contributed by atoms with Gasteiger partial charge in [0, 0.05) is 24.2 Å². The van der Waals surface area contributed by atoms with E-state index in [0.29, 0.717) is 37.3 Å². The van der Waals surface area contributed by atoms with Crippen LogP contribution in [0.2, 0.25) is 0 Å². The number of rotatable bonds is 6. The van der Waals surface area contributed by atoms with Gasteiger partial charge in [0.1, 0.15) is 0 Å². The zero-order valence-electron chi connectivity index (χ0n) is 21.2. The van der Waals surface area contributed by atoms with Crippen LogP contribution in [0.3, 0.4) is 0 Å². The largest absolute Gasteiger partial charge is 0.416 e. The monoisotopic (exact) mass is 573 g/mol. The van der Waals surface area contributed by atoms with Gasteiger partial charge >= 0.3 is 12.4 Å². The minimum Gasteiger partial charge on any atom is -0.393 e. The van der Waals surface area contributed by atoms with Gasteiger partial charge < -0.3 is 20.8 Å². The third kappa shape index (κ3) is 6.58. The van der Waals surface area contributed by atoms with Crippen molar-refractivity contribution in [2.45, 2.75) is 61.8 Å². The SMILES string of the molecule is O=C(CNC(=O)c1cccc(C(F)(F)F)c1)N[C@H]1CN(C2(c3ccc(C(F)(F)F)cc3)CCC(O)CC2)C[C@@H]1O. The number of amides is 2. The maximum absolute atomic E-state index is 13.1. The summed E-state index contributed by atoms with van der Waals surface area (Å²) in [4.78, 5) is 26.7. The lowest BCUT2D eigenvalue weighted by Gasteiger charge is -2.46. The predicted octanol–water partition coefficient (Wildman–Crippen LogP) is 3.45. The highest BCUT2D eigenvalue weighted by Gasteiger charge is 2.47. The molecule has 2 amide bonds. The Morgan fingerprint density at radius 3 is 2.12 bits per heavy atom. The Hall–Kier alpha value is -3.16. The van der Waals surface area contributed by atoms with Crippen molar-refractivity contribution >= 4 is 11.8 Å². The lowest BCUT2D eigenvalue weighted by atomic mass is 9.74. The van der Waals surface area contributed by atoms with Gasteiger partial charge in [-0.1, -0.05) is 18.2 Å². The molecule has 13 heteroatoms. The first-order chi connectivity index (χ1) is 18.7. The van der Waals surface area contributed by atoms with Crippen molar-refractivity contribution in [3.05, 3.63) is 70.8 Å². The van der Waals surface area contributed by atoms with Crippen LogP contribution in [-0.4, -0.2) is 64.8 Å². The second-order valence-corrected chi connectivity index (χ2v) is 10.2. The summed E-state index contributed by atoms with van der Waals surface area (Å²) >= 11 is 0. The normalized spacial score (nSPS) is 25.9. The standard InChI is InChI=1S/C27H29F6N3O4/c28-26(29,30)18-6-4-17(5-7-18)25(10-8-20(37)9-11-25)36-14-21(22(38)15-36)35-23(39)13-34-24(40)16-2-1-3-19(12-16)27(31,32)33/h1-7,12,20-22,37-38H,8-11,13-15H2,(H,34,40)(H,35,39)/t20?,21-,22-,25?/m0/s1. The van der Waals surface area contributed by atoms with Gasteiger partial charge in [0.15, 0.2) is 0 Å². The number of alkyl halides is 6. The Morgan fingerprint density at radius 1 is 0.900 bits per heavy atom. The number of aliphatic hydroxyl groups is 2. The molecule has 1 saturated heterocycles. The topological polar surface area (TPSA) is 102 Å². The van der Waals surface area contributed by atoms with Gasteiger partial charge in [-0.25, -0.2) is 0 Å². The van der Waals surface area contributed by atoms with E-state index in [2.05, 4.69) is 10.6 Å². The number of halogens is 6. The molecule has 2 atom stereocenters. The van der Waals surface area contributed by atoms with Crippen molar-refractivity contribution in [2.75, 3.05) is 19.6 Å². The van der Waals surface area contributed by atoms with Crippen LogP contribution in [0.15, 0.2) is 48.5 Å². The number of hydrogen-bond donors (Lipinski definition) is 4. The summed E-state index contributed by atoms with van der Waals surface area (Å²) < 4.78 is 78.1. The average Bonchev–Trinajstić information content (AvgIpc) is 3.27. The number of nitrogens with one attached hydrogen (secondary N) is 2. The highest BCUT2D eigenvalue weighted by molar-refractivity contribution is 5.96. The highest BCUT2D eigenvalue weighted by atomic mass is 19.4. The van der Waals surface area contributed by atoms with Crippen molar-refractivity contribution in [2.24, 2.45) is 0 Å². The van der Waals surface area contributed by atoms with Gasteiger partial charge in [-0.15, -0.1) is 0 Å². The minimum atomic E-state index is -4.63. The Morgan fingerprint density at radius 2 is 1.52 bits per heavy atom. The van der Waals surface area contributed by atoms with Crippen LogP contribution in [0.4, 0.5) is 26.3 Å². The molecule has 218 valence electrons. The Balaban J connectivity index is 1.41. The number of β-amino-alcohol motifs (C(OH)–C–C–N with tert-alkyl or cyclic N) is 1. The second-order valence-electron chi connectivity index (χ2n) is 10.2. The molecule has 0 radical (unpaired) electrons. The van der Waals surface area contributed by atoms with Crippen LogP contribution in [0.25, 0.3) is 0 Å². The third-order valence-corrected chi connectivity index (χ3v) is 7.63. The number of likely N-dealkylation sites (tertiary alicyclic amines) is 1. The third-order valence-electron chi connectivity index (χ3n) is 7.63. The van der Waals surface area contributed by atoms with Crippen LogP contribution < -0.4 is 10.6 Å². The summed E-state index contributed by atoms with van der Waals surface area (Å²) in [5.74, 6) is -1.55. The van der Waals surface area contributed by atoms with Gasteiger partial charge in [-0.05, 0) is 61.6 Å². The molecule has 1 saturated carbocycles. The van der Waals surface area contributed by atoms with E-state index in [-0.39, 0.29) is 18.7 Å². The first-order valence-corrected chi connectivity index (χ1v) is 12.7. The van der Waals surface area contributed by atoms with Crippen molar-refractivity contribution in [1.82, 2.24) is 15.5 Å². The zero-order chi connectivity index (χ0) is 29.3. The highest BCUT2D eigenvalue weighted by Crippen LogP contribution is 2.45. The summed E-state index contributed by atoms with van der Waals surface area (Å²) in [5.41, 5.74) is -2.22. The zero-order valence-corrected chi connectivity index (χ0v) is 21.2. The summed E-state index contributed by atoms with van der Waals surface area (Å²) in [7, 11) is 0. The smallest absolute Gasteiger partial charge is 0.393 e. The fraction of sp³-hybridized carbons (Fsp3) is 0.481. The molecule has 0 bridgehead atoms. The molecule has 0 spiro atoms. The van der Waals surface area contributed by atoms with E-state index >= 15 is 0 Å². The number of carbonyl (C=O) groups excluding carboxylic acids is 2. The van der Waals surface area contributed by atoms with Crippen LogP contribution in [0.1, 0.15) is 52.7 Å². The molecular formula is C27H29F6N3O4. The molecule has 4 N–H and O–H groups in total. The molecule has 7 nitrogen and oxygen atoms in total. The van der Waals surface area contributed by atoms with Crippen molar-refractivity contribution < 1.29 is 46.1 Å². The molecule has 4 rings (SSSR count). The van der Waals surface area contributed by atoms with Crippen LogP contribution >= 0.6 is 0 Å². The van der Waals surface area contributed by atoms with Crippen molar-refractivity contribution in [3.63, 3.8) is 0 Å². The molecule has 2 aromatic rings. The van der Waals surface area contributed by atoms with Gasteiger partial charge in [-0.2, -0.15) is 26.3 Å². The molecule has 0 unspecified atom stereocenters. The summed E-state index contributed by atoms with van der Waals surface area (Å²) in [6.45, 7) is -0.279. The molecular weight excluding hydrogens is 544 g/mol. The fourth-order valence-corrected chi connectivity index (χ4v) is 5.47. The number of aliphatic hydroxyl groups excluding tert-OH is 2. The van der Waals surface area contributed by atoms with E-state index in [0.717, 1.165) is 24.3 Å². The first-order valence-electron chi connectivity index (χ1n) is 12.7. The number of hydrogen-bond acceptors (Lipinski definition) is 5. The molecule has 1 aliphatic heterocycles. The van der Waals surface area contributed by atoms with E-state index in [1.54, 1.807) is 0 Å².